The minimum Gasteiger partial charge on any atom is -0.496 e. The van der Waals surface area contributed by atoms with Gasteiger partial charge in [0.1, 0.15) is 5.75 Å². The Morgan fingerprint density at radius 1 is 1.41 bits per heavy atom. The number of carbonyl (C=O) groups is 1. The van der Waals surface area contributed by atoms with Crippen molar-refractivity contribution in [3.05, 3.63) is 23.8 Å². The molecule has 122 valence electrons. The van der Waals surface area contributed by atoms with Gasteiger partial charge in [0.15, 0.2) is 0 Å². The van der Waals surface area contributed by atoms with Gasteiger partial charge in [0.25, 0.3) is 5.91 Å². The maximum atomic E-state index is 12.5. The predicted molar refractivity (Wildman–Crippen MR) is 82.0 cm³/mol. The van der Waals surface area contributed by atoms with E-state index in [1.165, 1.54) is 25.3 Å². The number of rotatable bonds is 5. The van der Waals surface area contributed by atoms with Gasteiger partial charge in [-0.25, -0.2) is 13.6 Å². The lowest BCUT2D eigenvalue weighted by Crippen LogP contribution is -2.40. The van der Waals surface area contributed by atoms with Crippen molar-refractivity contribution in [2.75, 3.05) is 13.7 Å². The van der Waals surface area contributed by atoms with Gasteiger partial charge in [-0.1, -0.05) is 6.42 Å². The van der Waals surface area contributed by atoms with E-state index in [0.29, 0.717) is 12.3 Å². The van der Waals surface area contributed by atoms with Crippen molar-refractivity contribution in [2.24, 2.45) is 16.8 Å². The summed E-state index contributed by atoms with van der Waals surface area (Å²) in [6.45, 7) is 0.513. The highest BCUT2D eigenvalue weighted by Crippen LogP contribution is 2.26. The van der Waals surface area contributed by atoms with Crippen LogP contribution in [0.3, 0.4) is 0 Å². The van der Waals surface area contributed by atoms with Crippen LogP contribution in [0.25, 0.3) is 0 Å². The number of nitrogens with two attached hydrogens (primary N) is 2. The van der Waals surface area contributed by atoms with Gasteiger partial charge in [0.05, 0.1) is 17.6 Å². The number of primary sulfonamides is 1. The number of ether oxygens (including phenoxy) is 1. The molecule has 1 amide bonds. The summed E-state index contributed by atoms with van der Waals surface area (Å²) in [4.78, 5) is 12.3. The van der Waals surface area contributed by atoms with Crippen LogP contribution >= 0.6 is 0 Å². The van der Waals surface area contributed by atoms with E-state index in [2.05, 4.69) is 5.32 Å². The van der Waals surface area contributed by atoms with Crippen LogP contribution in [-0.2, 0) is 10.0 Å². The summed E-state index contributed by atoms with van der Waals surface area (Å²) in [7, 11) is -2.46. The lowest BCUT2D eigenvalue weighted by atomic mass is 10.0. The van der Waals surface area contributed by atoms with Crippen molar-refractivity contribution in [3.63, 3.8) is 0 Å². The summed E-state index contributed by atoms with van der Waals surface area (Å²) in [6.07, 6.45) is 2.86. The summed E-state index contributed by atoms with van der Waals surface area (Å²) >= 11 is 0. The van der Waals surface area contributed by atoms with Gasteiger partial charge in [-0.05, 0) is 43.5 Å². The molecular formula is C14H21N3O4S. The molecule has 0 aromatic heterocycles. The normalized spacial score (nSPS) is 21.6. The molecule has 1 saturated carbocycles. The third kappa shape index (κ3) is 3.57. The molecule has 0 bridgehead atoms. The van der Waals surface area contributed by atoms with E-state index in [1.54, 1.807) is 0 Å². The Morgan fingerprint density at radius 2 is 2.14 bits per heavy atom. The standard InChI is InChI=1S/C14H21N3O4S/c1-21-13-6-5-10(22(16,19)20)7-11(13)14(18)17-12-4-2-3-9(12)8-15/h5-7,9,12H,2-4,8,15H2,1H3,(H,17,18)(H2,16,19,20). The van der Waals surface area contributed by atoms with E-state index in [1.807, 2.05) is 0 Å². The van der Waals surface area contributed by atoms with Crippen LogP contribution < -0.4 is 20.9 Å². The molecule has 2 unspecified atom stereocenters. The maximum absolute atomic E-state index is 12.5. The average molecular weight is 327 g/mol. The maximum Gasteiger partial charge on any atom is 0.255 e. The van der Waals surface area contributed by atoms with Crippen LogP contribution in [0.5, 0.6) is 5.75 Å². The first-order chi connectivity index (χ1) is 10.4. The Bertz CT molecular complexity index is 660. The fourth-order valence-corrected chi connectivity index (χ4v) is 3.34. The van der Waals surface area contributed by atoms with Crippen LogP contribution in [0.2, 0.25) is 0 Å². The highest BCUT2D eigenvalue weighted by molar-refractivity contribution is 7.89. The zero-order chi connectivity index (χ0) is 16.3. The molecule has 1 aliphatic rings. The van der Waals surface area contributed by atoms with Gasteiger partial charge in [-0.15, -0.1) is 0 Å². The summed E-state index contributed by atoms with van der Waals surface area (Å²) in [5.41, 5.74) is 5.85. The smallest absolute Gasteiger partial charge is 0.255 e. The number of sulfonamides is 1. The molecule has 5 N–H and O–H groups in total. The lowest BCUT2D eigenvalue weighted by Gasteiger charge is -2.20. The summed E-state index contributed by atoms with van der Waals surface area (Å²) in [5.74, 6) is 0.163. The van der Waals surface area contributed by atoms with Crippen LogP contribution in [0.15, 0.2) is 23.1 Å². The third-order valence-corrected chi connectivity index (χ3v) is 4.93. The minimum absolute atomic E-state index is 0.000320. The monoisotopic (exact) mass is 327 g/mol. The molecule has 2 atom stereocenters. The summed E-state index contributed by atoms with van der Waals surface area (Å²) < 4.78 is 28.0. The molecule has 1 aromatic carbocycles. The number of methoxy groups -OCH3 is 1. The van der Waals surface area contributed by atoms with Crippen molar-refractivity contribution >= 4 is 15.9 Å². The first-order valence-corrected chi connectivity index (χ1v) is 8.63. The predicted octanol–water partition coefficient (Wildman–Crippen LogP) is 0.200. The van der Waals surface area contributed by atoms with E-state index in [4.69, 9.17) is 15.6 Å². The van der Waals surface area contributed by atoms with Gasteiger partial charge in [-0.3, -0.25) is 4.79 Å². The van der Waals surface area contributed by atoms with E-state index >= 15 is 0 Å². The van der Waals surface area contributed by atoms with Crippen molar-refractivity contribution in [3.8, 4) is 5.75 Å². The van der Waals surface area contributed by atoms with Gasteiger partial charge in [0.2, 0.25) is 10.0 Å². The molecule has 1 aromatic rings. The van der Waals surface area contributed by atoms with Crippen LogP contribution in [0.1, 0.15) is 29.6 Å². The average Bonchev–Trinajstić information content (AvgIpc) is 2.92. The largest absolute Gasteiger partial charge is 0.496 e. The minimum atomic E-state index is -3.88. The van der Waals surface area contributed by atoms with Crippen molar-refractivity contribution < 1.29 is 17.9 Å². The third-order valence-electron chi connectivity index (χ3n) is 4.02. The summed E-state index contributed by atoms with van der Waals surface area (Å²) in [6, 6.07) is 3.96. The molecule has 1 fully saturated rings. The molecule has 8 heteroatoms. The second-order valence-corrected chi connectivity index (χ2v) is 6.98. The first-order valence-electron chi connectivity index (χ1n) is 7.08. The van der Waals surface area contributed by atoms with E-state index in [0.717, 1.165) is 19.3 Å². The molecule has 1 aliphatic carbocycles. The van der Waals surface area contributed by atoms with Gasteiger partial charge < -0.3 is 15.8 Å². The Kier molecular flexibility index (Phi) is 5.05. The number of hydrogen-bond donors (Lipinski definition) is 3. The molecule has 0 spiro atoms. The van der Waals surface area contributed by atoms with Crippen LogP contribution in [-0.4, -0.2) is 34.0 Å². The van der Waals surface area contributed by atoms with Gasteiger partial charge >= 0.3 is 0 Å². The topological polar surface area (TPSA) is 125 Å². The Labute approximate surface area is 130 Å². The van der Waals surface area contributed by atoms with E-state index in [-0.39, 0.29) is 28.3 Å². The van der Waals surface area contributed by atoms with Gasteiger partial charge in [-0.2, -0.15) is 0 Å². The fourth-order valence-electron chi connectivity index (χ4n) is 2.80. The number of benzene rings is 1. The first kappa shape index (κ1) is 16.7. The second-order valence-electron chi connectivity index (χ2n) is 5.41. The molecule has 0 radical (unpaired) electrons. The molecular weight excluding hydrogens is 306 g/mol. The van der Waals surface area contributed by atoms with Crippen molar-refractivity contribution in [1.29, 1.82) is 0 Å². The zero-order valence-corrected chi connectivity index (χ0v) is 13.2. The van der Waals surface area contributed by atoms with E-state index in [9.17, 15) is 13.2 Å². The van der Waals surface area contributed by atoms with Crippen molar-refractivity contribution in [2.45, 2.75) is 30.2 Å². The Hall–Kier alpha value is -1.64. The quantitative estimate of drug-likeness (QED) is 0.712. The number of hydrogen-bond acceptors (Lipinski definition) is 5. The van der Waals surface area contributed by atoms with E-state index < -0.39 is 10.0 Å². The zero-order valence-electron chi connectivity index (χ0n) is 12.4. The Morgan fingerprint density at radius 3 is 2.73 bits per heavy atom. The van der Waals surface area contributed by atoms with Crippen LogP contribution in [0.4, 0.5) is 0 Å². The highest BCUT2D eigenvalue weighted by atomic mass is 32.2. The Balaban J connectivity index is 2.28. The molecule has 22 heavy (non-hydrogen) atoms. The molecule has 0 heterocycles. The molecule has 7 nitrogen and oxygen atoms in total. The second kappa shape index (κ2) is 6.64. The number of nitrogens with one attached hydrogen (secondary N) is 1. The fraction of sp³-hybridized carbons (Fsp3) is 0.500. The highest BCUT2D eigenvalue weighted by Gasteiger charge is 2.28. The van der Waals surface area contributed by atoms with Gasteiger partial charge in [0, 0.05) is 6.04 Å². The molecule has 2 rings (SSSR count). The number of carbonyl (C=O) groups excluding carboxylic acids is 1. The number of amides is 1. The molecule has 0 aliphatic heterocycles. The SMILES string of the molecule is COc1ccc(S(N)(=O)=O)cc1C(=O)NC1CCCC1CN. The van der Waals surface area contributed by atoms with Crippen LogP contribution in [0, 0.1) is 5.92 Å². The lowest BCUT2D eigenvalue weighted by molar-refractivity contribution is 0.0925. The molecule has 0 saturated heterocycles. The van der Waals surface area contributed by atoms with Crippen molar-refractivity contribution in [1.82, 2.24) is 5.32 Å². The summed E-state index contributed by atoms with van der Waals surface area (Å²) in [5, 5.41) is 8.02.